The summed E-state index contributed by atoms with van der Waals surface area (Å²) in [5.41, 5.74) is 5.96. The van der Waals surface area contributed by atoms with E-state index in [4.69, 9.17) is 4.74 Å². The van der Waals surface area contributed by atoms with Gasteiger partial charge in [0.25, 0.3) is 5.91 Å². The number of amides is 1. The lowest BCUT2D eigenvalue weighted by Gasteiger charge is -2.13. The van der Waals surface area contributed by atoms with E-state index in [-0.39, 0.29) is 11.9 Å². The minimum absolute atomic E-state index is 0.0652. The van der Waals surface area contributed by atoms with Gasteiger partial charge in [-0.05, 0) is 67.8 Å². The zero-order valence-corrected chi connectivity index (χ0v) is 17.3. The van der Waals surface area contributed by atoms with Crippen LogP contribution in [0.25, 0.3) is 0 Å². The van der Waals surface area contributed by atoms with E-state index in [0.29, 0.717) is 11.5 Å². The van der Waals surface area contributed by atoms with Crippen LogP contribution in [0.4, 0.5) is 0 Å². The lowest BCUT2D eigenvalue weighted by molar-refractivity contribution is 0.0944. The molecule has 1 aliphatic carbocycles. The van der Waals surface area contributed by atoms with Crippen molar-refractivity contribution in [1.82, 2.24) is 15.1 Å². The van der Waals surface area contributed by atoms with Crippen molar-refractivity contribution in [3.8, 4) is 5.75 Å². The Balaban J connectivity index is 1.36. The molecule has 0 radical (unpaired) electrons. The molecular weight excluding hydrogens is 370 g/mol. The van der Waals surface area contributed by atoms with E-state index in [2.05, 4.69) is 22.5 Å². The molecule has 3 aromatic rings. The lowest BCUT2D eigenvalue weighted by Crippen LogP contribution is -2.26. The van der Waals surface area contributed by atoms with Gasteiger partial charge in [-0.2, -0.15) is 5.10 Å². The maximum absolute atomic E-state index is 12.6. The van der Waals surface area contributed by atoms with Crippen molar-refractivity contribution in [3.63, 3.8) is 0 Å². The fourth-order valence-corrected chi connectivity index (χ4v) is 4.46. The average molecular weight is 396 g/mol. The van der Waals surface area contributed by atoms with Crippen molar-refractivity contribution in [2.24, 2.45) is 7.05 Å². The molecule has 0 saturated heterocycles. The van der Waals surface area contributed by atoms with Gasteiger partial charge in [-0.15, -0.1) is 11.3 Å². The van der Waals surface area contributed by atoms with Crippen LogP contribution in [0.2, 0.25) is 0 Å². The predicted molar refractivity (Wildman–Crippen MR) is 111 cm³/mol. The van der Waals surface area contributed by atoms with Crippen molar-refractivity contribution >= 4 is 17.2 Å². The topological polar surface area (TPSA) is 56.1 Å². The van der Waals surface area contributed by atoms with Gasteiger partial charge in [0.05, 0.1) is 17.1 Å². The Morgan fingerprint density at radius 1 is 1.32 bits per heavy atom. The number of benzene rings is 1. The number of nitrogens with zero attached hydrogens (tertiary/aromatic N) is 2. The second kappa shape index (κ2) is 7.80. The molecule has 146 valence electrons. The Bertz CT molecular complexity index is 1010. The van der Waals surface area contributed by atoms with E-state index in [1.54, 1.807) is 0 Å². The molecule has 2 aromatic heterocycles. The number of carbonyl (C=O) groups is 1. The van der Waals surface area contributed by atoms with Gasteiger partial charge in [0.1, 0.15) is 12.4 Å². The smallest absolute Gasteiger partial charge is 0.261 e. The quantitative estimate of drug-likeness (QED) is 0.675. The van der Waals surface area contributed by atoms with Crippen molar-refractivity contribution in [2.45, 2.75) is 45.8 Å². The maximum atomic E-state index is 12.6. The summed E-state index contributed by atoms with van der Waals surface area (Å²) in [4.78, 5) is 13.3. The molecule has 0 spiro atoms. The van der Waals surface area contributed by atoms with E-state index in [9.17, 15) is 4.79 Å². The summed E-state index contributed by atoms with van der Waals surface area (Å²) < 4.78 is 7.76. The van der Waals surface area contributed by atoms with Crippen LogP contribution in [0.3, 0.4) is 0 Å². The van der Waals surface area contributed by atoms with Crippen molar-refractivity contribution in [3.05, 3.63) is 68.7 Å². The number of thiophene rings is 1. The Morgan fingerprint density at radius 2 is 2.14 bits per heavy atom. The third kappa shape index (κ3) is 3.83. The summed E-state index contributed by atoms with van der Waals surface area (Å²) in [6, 6.07) is 8.19. The van der Waals surface area contributed by atoms with Crippen LogP contribution in [0.15, 0.2) is 35.8 Å². The van der Waals surface area contributed by atoms with E-state index in [1.165, 1.54) is 35.3 Å². The van der Waals surface area contributed by atoms with Crippen LogP contribution in [0, 0.1) is 6.92 Å². The number of nitrogens with one attached hydrogen (secondary N) is 1. The largest absolute Gasteiger partial charge is 0.489 e. The highest BCUT2D eigenvalue weighted by atomic mass is 32.1. The minimum Gasteiger partial charge on any atom is -0.489 e. The summed E-state index contributed by atoms with van der Waals surface area (Å²) in [7, 11) is 1.90. The van der Waals surface area contributed by atoms with Crippen LogP contribution in [-0.2, 0) is 26.5 Å². The summed E-state index contributed by atoms with van der Waals surface area (Å²) in [6.45, 7) is 4.46. The highest BCUT2D eigenvalue weighted by Crippen LogP contribution is 2.27. The van der Waals surface area contributed by atoms with Gasteiger partial charge < -0.3 is 10.1 Å². The van der Waals surface area contributed by atoms with Crippen molar-refractivity contribution < 1.29 is 9.53 Å². The highest BCUT2D eigenvalue weighted by molar-refractivity contribution is 7.12. The number of ether oxygens (including phenoxy) is 1. The van der Waals surface area contributed by atoms with E-state index >= 15 is 0 Å². The molecule has 1 atom stereocenters. The molecule has 0 saturated carbocycles. The first-order chi connectivity index (χ1) is 13.5. The number of aryl methyl sites for hydroxylation is 3. The SMILES string of the molecule is Cc1c(C(C)NC(=O)c2cc(COc3ccc4c(c3)CCC4)cs2)cnn1C. The van der Waals surface area contributed by atoms with Crippen LogP contribution >= 0.6 is 11.3 Å². The molecule has 0 aliphatic heterocycles. The monoisotopic (exact) mass is 395 g/mol. The summed E-state index contributed by atoms with van der Waals surface area (Å²) in [5, 5.41) is 9.30. The molecule has 0 fully saturated rings. The number of rotatable bonds is 6. The zero-order chi connectivity index (χ0) is 19.7. The third-order valence-corrected chi connectivity index (χ3v) is 6.42. The van der Waals surface area contributed by atoms with Gasteiger partial charge in [-0.1, -0.05) is 6.07 Å². The van der Waals surface area contributed by atoms with Crippen LogP contribution < -0.4 is 10.1 Å². The summed E-state index contributed by atoms with van der Waals surface area (Å²) in [5.74, 6) is 0.836. The first kappa shape index (κ1) is 18.7. The number of fused-ring (bicyclic) bond motifs is 1. The molecule has 1 amide bonds. The van der Waals surface area contributed by atoms with E-state index < -0.39 is 0 Å². The number of hydrogen-bond acceptors (Lipinski definition) is 4. The van der Waals surface area contributed by atoms with Gasteiger partial charge in [-0.25, -0.2) is 0 Å². The van der Waals surface area contributed by atoms with Crippen LogP contribution in [-0.4, -0.2) is 15.7 Å². The highest BCUT2D eigenvalue weighted by Gasteiger charge is 2.17. The molecule has 4 rings (SSSR count). The molecule has 0 bridgehead atoms. The summed E-state index contributed by atoms with van der Waals surface area (Å²) in [6.07, 6.45) is 5.36. The van der Waals surface area contributed by atoms with Crippen molar-refractivity contribution in [1.29, 1.82) is 0 Å². The molecule has 1 unspecified atom stereocenters. The Labute approximate surface area is 169 Å². The standard InChI is InChI=1S/C22H25N3O2S/c1-14(20-11-23-25(3)15(20)2)24-22(26)21-9-16(13-28-21)12-27-19-8-7-17-5-4-6-18(17)10-19/h7-11,13-14H,4-6,12H2,1-3H3,(H,24,26). The van der Waals surface area contributed by atoms with Gasteiger partial charge in [0.2, 0.25) is 0 Å². The molecule has 1 aliphatic rings. The number of carbonyl (C=O) groups excluding carboxylic acids is 1. The maximum Gasteiger partial charge on any atom is 0.261 e. The molecule has 2 heterocycles. The lowest BCUT2D eigenvalue weighted by atomic mass is 10.1. The molecule has 1 aromatic carbocycles. The molecule has 28 heavy (non-hydrogen) atoms. The minimum atomic E-state index is -0.0885. The first-order valence-electron chi connectivity index (χ1n) is 9.62. The molecule has 6 heteroatoms. The van der Waals surface area contributed by atoms with E-state index in [1.807, 2.05) is 49.3 Å². The van der Waals surface area contributed by atoms with Gasteiger partial charge in [0, 0.05) is 23.9 Å². The van der Waals surface area contributed by atoms with Gasteiger partial charge >= 0.3 is 0 Å². The van der Waals surface area contributed by atoms with Crippen LogP contribution in [0.1, 0.15) is 57.0 Å². The normalized spacial score (nSPS) is 14.0. The number of aromatic nitrogens is 2. The Morgan fingerprint density at radius 3 is 2.93 bits per heavy atom. The molecule has 1 N–H and O–H groups in total. The van der Waals surface area contributed by atoms with Gasteiger partial charge in [0.15, 0.2) is 0 Å². The average Bonchev–Trinajstić information content (AvgIpc) is 3.40. The van der Waals surface area contributed by atoms with Crippen LogP contribution in [0.5, 0.6) is 5.75 Å². The second-order valence-electron chi connectivity index (χ2n) is 7.40. The predicted octanol–water partition coefficient (Wildman–Crippen LogP) is 4.35. The van der Waals surface area contributed by atoms with Crippen molar-refractivity contribution in [2.75, 3.05) is 0 Å². The number of hydrogen-bond donors (Lipinski definition) is 1. The Kier molecular flexibility index (Phi) is 5.22. The second-order valence-corrected chi connectivity index (χ2v) is 8.31. The third-order valence-electron chi connectivity index (χ3n) is 5.44. The fraction of sp³-hybridized carbons (Fsp3) is 0.364. The Hall–Kier alpha value is -2.60. The van der Waals surface area contributed by atoms with E-state index in [0.717, 1.165) is 29.0 Å². The fourth-order valence-electron chi connectivity index (χ4n) is 3.66. The zero-order valence-electron chi connectivity index (χ0n) is 16.5. The summed E-state index contributed by atoms with van der Waals surface area (Å²) >= 11 is 1.45. The molecular formula is C22H25N3O2S. The molecule has 5 nitrogen and oxygen atoms in total. The van der Waals surface area contributed by atoms with Gasteiger partial charge in [-0.3, -0.25) is 9.48 Å². The first-order valence-corrected chi connectivity index (χ1v) is 10.5.